The summed E-state index contributed by atoms with van der Waals surface area (Å²) >= 11 is 0. The van der Waals surface area contributed by atoms with Gasteiger partial charge in [-0.15, -0.1) is 0 Å². The molecule has 23 heavy (non-hydrogen) atoms. The normalized spacial score (nSPS) is 18.2. The first kappa shape index (κ1) is 14.5. The van der Waals surface area contributed by atoms with Crippen LogP contribution >= 0.6 is 0 Å². The highest BCUT2D eigenvalue weighted by Crippen LogP contribution is 2.33. The molecule has 3 heteroatoms. The first-order chi connectivity index (χ1) is 11.3. The summed E-state index contributed by atoms with van der Waals surface area (Å²) in [6.07, 6.45) is 1.10. The molecule has 1 aliphatic heterocycles. The lowest BCUT2D eigenvalue weighted by Gasteiger charge is -2.32. The largest absolute Gasteiger partial charge is 0.375 e. The van der Waals surface area contributed by atoms with E-state index in [2.05, 4.69) is 65.5 Å². The molecular weight excluding hydrogens is 284 g/mol. The average Bonchev–Trinajstić information content (AvgIpc) is 2.96. The van der Waals surface area contributed by atoms with E-state index >= 15 is 0 Å². The Morgan fingerprint density at radius 3 is 2.74 bits per heavy atom. The molecule has 0 bridgehead atoms. The number of likely N-dealkylation sites (N-methyl/N-ethyl adjacent to an activating group) is 1. The van der Waals surface area contributed by atoms with E-state index in [0.29, 0.717) is 19.3 Å². The first-order valence-corrected chi connectivity index (χ1v) is 8.24. The molecule has 4 rings (SSSR count). The molecule has 1 unspecified atom stereocenters. The number of aromatic nitrogens is 1. The lowest BCUT2D eigenvalue weighted by molar-refractivity contribution is 0.0544. The molecule has 2 aromatic carbocycles. The van der Waals surface area contributed by atoms with Crippen LogP contribution in [0.4, 0.5) is 0 Å². The Kier molecular flexibility index (Phi) is 3.90. The maximum atomic E-state index is 6.02. The van der Waals surface area contributed by atoms with Crippen molar-refractivity contribution in [2.24, 2.45) is 0 Å². The Hall–Kier alpha value is -2.10. The Morgan fingerprint density at radius 2 is 1.87 bits per heavy atom. The topological polar surface area (TPSA) is 28.3 Å². The van der Waals surface area contributed by atoms with Crippen LogP contribution in [0.25, 0.3) is 10.9 Å². The number of H-pyrrole nitrogens is 1. The third-order valence-corrected chi connectivity index (χ3v) is 4.81. The van der Waals surface area contributed by atoms with Crippen LogP contribution in [0.15, 0.2) is 54.6 Å². The van der Waals surface area contributed by atoms with Crippen LogP contribution in [0.3, 0.4) is 0 Å². The Labute approximate surface area is 136 Å². The molecule has 1 N–H and O–H groups in total. The van der Waals surface area contributed by atoms with Crippen LogP contribution in [-0.4, -0.2) is 30.1 Å². The molecular formula is C20H22N2O. The molecule has 0 aliphatic carbocycles. The predicted molar refractivity (Wildman–Crippen MR) is 93.5 cm³/mol. The molecule has 3 nitrogen and oxygen atoms in total. The molecule has 0 amide bonds. The summed E-state index contributed by atoms with van der Waals surface area (Å²) in [4.78, 5) is 6.02. The van der Waals surface area contributed by atoms with Crippen LogP contribution in [-0.2, 0) is 17.8 Å². The van der Waals surface area contributed by atoms with Gasteiger partial charge in [-0.2, -0.15) is 0 Å². The van der Waals surface area contributed by atoms with E-state index < -0.39 is 0 Å². The molecule has 0 saturated carbocycles. The number of para-hydroxylation sites is 1. The first-order valence-electron chi connectivity index (χ1n) is 8.24. The van der Waals surface area contributed by atoms with Crippen molar-refractivity contribution < 1.29 is 4.74 Å². The van der Waals surface area contributed by atoms with Crippen molar-refractivity contribution in [2.75, 3.05) is 20.2 Å². The van der Waals surface area contributed by atoms with E-state index in [1.165, 1.54) is 27.7 Å². The van der Waals surface area contributed by atoms with Gasteiger partial charge in [-0.25, -0.2) is 0 Å². The summed E-state index contributed by atoms with van der Waals surface area (Å²) in [6, 6.07) is 19.3. The van der Waals surface area contributed by atoms with Gasteiger partial charge in [0.25, 0.3) is 0 Å². The van der Waals surface area contributed by atoms with Gasteiger partial charge in [0.2, 0.25) is 0 Å². The molecule has 2 heterocycles. The predicted octanol–water partition coefficient (Wildman–Crippen LogP) is 3.91. The highest BCUT2D eigenvalue weighted by atomic mass is 16.5. The minimum atomic E-state index is 0.301. The summed E-state index contributed by atoms with van der Waals surface area (Å²) in [5.74, 6) is 0. The number of nitrogens with zero attached hydrogens (tertiary/aromatic N) is 1. The molecule has 0 fully saturated rings. The van der Waals surface area contributed by atoms with Crippen molar-refractivity contribution in [3.63, 3.8) is 0 Å². The standard InChI is InChI=1S/C20H22N2O/c1-22-12-11-17-16-9-5-6-10-18(16)21-20(17)19(22)14-23-13-15-7-3-2-4-8-15/h2-10,19,21H,11-14H2,1H3. The third-order valence-electron chi connectivity index (χ3n) is 4.81. The molecule has 1 atom stereocenters. The molecule has 1 aliphatic rings. The summed E-state index contributed by atoms with van der Waals surface area (Å²) < 4.78 is 6.02. The van der Waals surface area contributed by atoms with E-state index in [1.54, 1.807) is 0 Å². The van der Waals surface area contributed by atoms with E-state index in [1.807, 2.05) is 6.07 Å². The Morgan fingerprint density at radius 1 is 1.09 bits per heavy atom. The fraction of sp³-hybridized carbons (Fsp3) is 0.300. The zero-order valence-corrected chi connectivity index (χ0v) is 13.5. The maximum absolute atomic E-state index is 6.02. The summed E-state index contributed by atoms with van der Waals surface area (Å²) in [7, 11) is 2.19. The minimum absolute atomic E-state index is 0.301. The van der Waals surface area contributed by atoms with Gasteiger partial charge in [0.1, 0.15) is 0 Å². The summed E-state index contributed by atoms with van der Waals surface area (Å²) in [5, 5.41) is 1.36. The van der Waals surface area contributed by atoms with Crippen molar-refractivity contribution in [2.45, 2.75) is 19.1 Å². The second-order valence-electron chi connectivity index (χ2n) is 6.31. The average molecular weight is 306 g/mol. The van der Waals surface area contributed by atoms with Gasteiger partial charge in [0.15, 0.2) is 0 Å². The Bertz CT molecular complexity index is 794. The number of hydrogen-bond donors (Lipinski definition) is 1. The van der Waals surface area contributed by atoms with Crippen molar-refractivity contribution in [1.29, 1.82) is 0 Å². The third kappa shape index (κ3) is 2.78. The lowest BCUT2D eigenvalue weighted by Crippen LogP contribution is -2.34. The number of fused-ring (bicyclic) bond motifs is 3. The van der Waals surface area contributed by atoms with Crippen molar-refractivity contribution in [1.82, 2.24) is 9.88 Å². The van der Waals surface area contributed by atoms with Crippen molar-refractivity contribution in [3.8, 4) is 0 Å². The van der Waals surface area contributed by atoms with Crippen molar-refractivity contribution >= 4 is 10.9 Å². The highest BCUT2D eigenvalue weighted by Gasteiger charge is 2.28. The van der Waals surface area contributed by atoms with Crippen LogP contribution in [0, 0.1) is 0 Å². The van der Waals surface area contributed by atoms with Gasteiger partial charge in [0, 0.05) is 23.1 Å². The second-order valence-corrected chi connectivity index (χ2v) is 6.31. The van der Waals surface area contributed by atoms with E-state index in [9.17, 15) is 0 Å². The van der Waals surface area contributed by atoms with Gasteiger partial charge in [-0.05, 0) is 30.7 Å². The zero-order chi connectivity index (χ0) is 15.6. The Balaban J connectivity index is 1.54. The van der Waals surface area contributed by atoms with Gasteiger partial charge < -0.3 is 9.72 Å². The SMILES string of the molecule is CN1CCc2c([nH]c3ccccc23)C1COCc1ccccc1. The maximum Gasteiger partial charge on any atom is 0.0736 e. The summed E-state index contributed by atoms with van der Waals surface area (Å²) in [5.41, 5.74) is 5.25. The molecule has 3 aromatic rings. The fourth-order valence-corrected chi connectivity index (χ4v) is 3.51. The quantitative estimate of drug-likeness (QED) is 0.791. The number of ether oxygens (including phenoxy) is 1. The van der Waals surface area contributed by atoms with E-state index in [-0.39, 0.29) is 0 Å². The van der Waals surface area contributed by atoms with Crippen LogP contribution in [0.1, 0.15) is 22.9 Å². The number of hydrogen-bond acceptors (Lipinski definition) is 2. The number of nitrogens with one attached hydrogen (secondary N) is 1. The second kappa shape index (κ2) is 6.19. The molecule has 0 saturated heterocycles. The van der Waals surface area contributed by atoms with Gasteiger partial charge in [-0.3, -0.25) is 4.90 Å². The molecule has 0 spiro atoms. The van der Waals surface area contributed by atoms with Gasteiger partial charge in [-0.1, -0.05) is 48.5 Å². The number of benzene rings is 2. The van der Waals surface area contributed by atoms with Gasteiger partial charge >= 0.3 is 0 Å². The van der Waals surface area contributed by atoms with Crippen LogP contribution < -0.4 is 0 Å². The smallest absolute Gasteiger partial charge is 0.0736 e. The van der Waals surface area contributed by atoms with Crippen LogP contribution in [0.2, 0.25) is 0 Å². The summed E-state index contributed by atoms with van der Waals surface area (Å²) in [6.45, 7) is 2.46. The van der Waals surface area contributed by atoms with Crippen molar-refractivity contribution in [3.05, 3.63) is 71.4 Å². The molecule has 1 aromatic heterocycles. The van der Waals surface area contributed by atoms with Crippen LogP contribution in [0.5, 0.6) is 0 Å². The van der Waals surface area contributed by atoms with E-state index in [0.717, 1.165) is 13.0 Å². The van der Waals surface area contributed by atoms with E-state index in [4.69, 9.17) is 4.74 Å². The molecule has 0 radical (unpaired) electrons. The van der Waals surface area contributed by atoms with Gasteiger partial charge in [0.05, 0.1) is 19.3 Å². The highest BCUT2D eigenvalue weighted by molar-refractivity contribution is 5.85. The lowest BCUT2D eigenvalue weighted by atomic mass is 9.98. The monoisotopic (exact) mass is 306 g/mol. The minimum Gasteiger partial charge on any atom is -0.375 e. The molecule has 118 valence electrons. The number of aromatic amines is 1. The number of rotatable bonds is 4. The zero-order valence-electron chi connectivity index (χ0n) is 13.5. The fourth-order valence-electron chi connectivity index (χ4n) is 3.51.